The highest BCUT2D eigenvalue weighted by molar-refractivity contribution is 5.69. The summed E-state index contributed by atoms with van der Waals surface area (Å²) in [6, 6.07) is 0. The predicted molar refractivity (Wildman–Crippen MR) is 172 cm³/mol. The van der Waals surface area contributed by atoms with Crippen LogP contribution in [0, 0.1) is 11.3 Å². The van der Waals surface area contributed by atoms with Crippen LogP contribution in [-0.2, 0) is 28.6 Å². The molecule has 0 radical (unpaired) electrons. The number of carbonyl (C=O) groups excluding carboxylic acids is 3. The number of carbonyl (C=O) groups is 3. The van der Waals surface area contributed by atoms with E-state index in [4.69, 9.17) is 14.2 Å². The quantitative estimate of drug-likeness (QED) is 0.0532. The molecule has 0 aliphatic rings. The van der Waals surface area contributed by atoms with E-state index in [0.717, 1.165) is 116 Å². The summed E-state index contributed by atoms with van der Waals surface area (Å²) in [5, 5.41) is 0. The van der Waals surface area contributed by atoms with Gasteiger partial charge in [-0.05, 0) is 89.8 Å². The first-order chi connectivity index (χ1) is 19.9. The van der Waals surface area contributed by atoms with Gasteiger partial charge in [-0.2, -0.15) is 0 Å². The Balaban J connectivity index is 4.09. The maximum Gasteiger partial charge on any atom is 0.306 e. The number of rotatable bonds is 27. The number of ether oxygens (including phenoxy) is 3. The van der Waals surface area contributed by atoms with Gasteiger partial charge in [0.1, 0.15) is 6.10 Å². The van der Waals surface area contributed by atoms with Gasteiger partial charge < -0.3 is 19.1 Å². The van der Waals surface area contributed by atoms with Crippen LogP contribution in [-0.4, -0.2) is 63.3 Å². The monoisotopic (exact) mass is 597 g/mol. The van der Waals surface area contributed by atoms with Gasteiger partial charge >= 0.3 is 17.9 Å². The van der Waals surface area contributed by atoms with Gasteiger partial charge in [0, 0.05) is 19.3 Å². The first-order valence-electron chi connectivity index (χ1n) is 17.0. The zero-order chi connectivity index (χ0) is 31.6. The second-order valence-electron chi connectivity index (χ2n) is 13.8. The summed E-state index contributed by atoms with van der Waals surface area (Å²) < 4.78 is 16.0. The maximum atomic E-state index is 12.4. The maximum absolute atomic E-state index is 12.4. The van der Waals surface area contributed by atoms with Crippen LogP contribution in [0.5, 0.6) is 0 Å². The van der Waals surface area contributed by atoms with Gasteiger partial charge in [0.05, 0.1) is 13.7 Å². The van der Waals surface area contributed by atoms with Crippen LogP contribution in [0.4, 0.5) is 0 Å². The molecule has 0 saturated heterocycles. The summed E-state index contributed by atoms with van der Waals surface area (Å²) in [6.07, 6.45) is 19.1. The van der Waals surface area contributed by atoms with Crippen molar-refractivity contribution in [1.82, 2.24) is 4.90 Å². The lowest BCUT2D eigenvalue weighted by atomic mass is 9.84. The fraction of sp³-hybridized carbons (Fsp3) is 0.914. The van der Waals surface area contributed by atoms with Crippen LogP contribution in [0.15, 0.2) is 0 Å². The molecule has 0 aromatic rings. The second-order valence-corrected chi connectivity index (χ2v) is 13.8. The number of unbranched alkanes of at least 4 members (excludes halogenated alkanes) is 10. The van der Waals surface area contributed by atoms with E-state index in [1.54, 1.807) is 0 Å². The Morgan fingerprint density at radius 3 is 1.62 bits per heavy atom. The zero-order valence-corrected chi connectivity index (χ0v) is 28.6. The molecular weight excluding hydrogens is 530 g/mol. The molecule has 0 heterocycles. The number of hydrogen-bond donors (Lipinski definition) is 0. The molecule has 0 aromatic heterocycles. The molecule has 42 heavy (non-hydrogen) atoms. The fourth-order valence-electron chi connectivity index (χ4n) is 5.44. The Hall–Kier alpha value is -1.63. The van der Waals surface area contributed by atoms with Crippen LogP contribution in [0.1, 0.15) is 156 Å². The third-order valence-electron chi connectivity index (χ3n) is 7.66. The van der Waals surface area contributed by atoms with Crippen molar-refractivity contribution in [1.29, 1.82) is 0 Å². The Morgan fingerprint density at radius 1 is 0.643 bits per heavy atom. The minimum atomic E-state index is -0.127. The minimum absolute atomic E-state index is 0.0112. The molecule has 0 fully saturated rings. The summed E-state index contributed by atoms with van der Waals surface area (Å²) >= 11 is 0. The lowest BCUT2D eigenvalue weighted by molar-refractivity contribution is -0.150. The number of nitrogens with zero attached hydrogens (tertiary/aromatic N) is 1. The summed E-state index contributed by atoms with van der Waals surface area (Å²) in [4.78, 5) is 37.8. The van der Waals surface area contributed by atoms with E-state index < -0.39 is 0 Å². The molecule has 0 N–H and O–H groups in total. The van der Waals surface area contributed by atoms with Gasteiger partial charge in [-0.25, -0.2) is 0 Å². The fourth-order valence-corrected chi connectivity index (χ4v) is 5.44. The first kappa shape index (κ1) is 40.4. The summed E-state index contributed by atoms with van der Waals surface area (Å²) in [5.74, 6) is 0.312. The predicted octanol–water partition coefficient (Wildman–Crippen LogP) is 8.66. The van der Waals surface area contributed by atoms with Crippen LogP contribution in [0.25, 0.3) is 0 Å². The Kier molecular flexibility index (Phi) is 24.8. The van der Waals surface area contributed by atoms with E-state index >= 15 is 0 Å². The Bertz CT molecular complexity index is 687. The first-order valence-corrected chi connectivity index (χ1v) is 17.0. The molecular formula is C35H67NO6. The van der Waals surface area contributed by atoms with Crippen molar-refractivity contribution in [3.8, 4) is 0 Å². The normalized spacial score (nSPS) is 13.1. The van der Waals surface area contributed by atoms with E-state index in [2.05, 4.69) is 32.6 Å². The average Bonchev–Trinajstić information content (AvgIpc) is 2.89. The number of esters is 3. The van der Waals surface area contributed by atoms with Crippen molar-refractivity contribution in [2.45, 2.75) is 162 Å². The van der Waals surface area contributed by atoms with Crippen molar-refractivity contribution in [3.05, 3.63) is 0 Å². The van der Waals surface area contributed by atoms with Crippen molar-refractivity contribution in [3.63, 3.8) is 0 Å². The third-order valence-corrected chi connectivity index (χ3v) is 7.66. The largest absolute Gasteiger partial charge is 0.469 e. The molecule has 7 heteroatoms. The molecule has 0 aromatic carbocycles. The molecule has 0 amide bonds. The summed E-state index contributed by atoms with van der Waals surface area (Å²) in [6.45, 7) is 10.4. The van der Waals surface area contributed by atoms with Gasteiger partial charge in [0.15, 0.2) is 0 Å². The average molecular weight is 598 g/mol. The molecule has 2 unspecified atom stereocenters. The Morgan fingerprint density at radius 2 is 1.12 bits per heavy atom. The highest BCUT2D eigenvalue weighted by Crippen LogP contribution is 2.26. The van der Waals surface area contributed by atoms with E-state index in [1.807, 2.05) is 14.1 Å². The number of methoxy groups -OCH3 is 1. The molecule has 0 bridgehead atoms. The Labute approximate surface area is 259 Å². The van der Waals surface area contributed by atoms with Crippen molar-refractivity contribution in [2.24, 2.45) is 11.3 Å². The minimum Gasteiger partial charge on any atom is -0.469 e. The van der Waals surface area contributed by atoms with E-state index in [1.165, 1.54) is 7.11 Å². The van der Waals surface area contributed by atoms with E-state index in [0.29, 0.717) is 37.2 Å². The summed E-state index contributed by atoms with van der Waals surface area (Å²) in [5.41, 5.74) is 0.315. The van der Waals surface area contributed by atoms with Gasteiger partial charge in [0.2, 0.25) is 0 Å². The second kappa shape index (κ2) is 25.8. The zero-order valence-electron chi connectivity index (χ0n) is 28.6. The highest BCUT2D eigenvalue weighted by atomic mass is 16.5. The topological polar surface area (TPSA) is 82.1 Å². The molecule has 0 saturated carbocycles. The third kappa shape index (κ3) is 28.5. The molecule has 0 spiro atoms. The van der Waals surface area contributed by atoms with Gasteiger partial charge in [-0.15, -0.1) is 0 Å². The lowest BCUT2D eigenvalue weighted by Crippen LogP contribution is -2.20. The van der Waals surface area contributed by atoms with Gasteiger partial charge in [-0.1, -0.05) is 79.1 Å². The summed E-state index contributed by atoms with van der Waals surface area (Å²) in [7, 11) is 5.48. The van der Waals surface area contributed by atoms with E-state index in [-0.39, 0.29) is 24.0 Å². The standard InChI is InChI=1S/C35H67NO6/c1-30(29-35(2,3)4)26-28-41-33(38)24-19-15-11-9-13-17-22-31(42-34(39)25-20-27-36(5)6)21-16-12-8-10-14-18-23-32(37)40-7/h30-31H,8-29H2,1-7H3. The van der Waals surface area contributed by atoms with Crippen molar-refractivity contribution >= 4 is 17.9 Å². The smallest absolute Gasteiger partial charge is 0.306 e. The van der Waals surface area contributed by atoms with Crippen molar-refractivity contribution in [2.75, 3.05) is 34.4 Å². The molecule has 2 atom stereocenters. The van der Waals surface area contributed by atoms with E-state index in [9.17, 15) is 14.4 Å². The van der Waals surface area contributed by atoms with Crippen LogP contribution in [0.2, 0.25) is 0 Å². The number of hydrogen-bond acceptors (Lipinski definition) is 7. The highest BCUT2D eigenvalue weighted by Gasteiger charge is 2.16. The molecule has 0 aliphatic carbocycles. The molecule has 7 nitrogen and oxygen atoms in total. The van der Waals surface area contributed by atoms with Crippen LogP contribution < -0.4 is 0 Å². The van der Waals surface area contributed by atoms with Crippen LogP contribution in [0.3, 0.4) is 0 Å². The SMILES string of the molecule is COC(=O)CCCCCCCCC(CCCCCCCCC(=O)OCCC(C)CC(C)(C)C)OC(=O)CCCN(C)C. The molecule has 248 valence electrons. The van der Waals surface area contributed by atoms with Gasteiger partial charge in [0.25, 0.3) is 0 Å². The molecule has 0 rings (SSSR count). The molecule has 0 aliphatic heterocycles. The van der Waals surface area contributed by atoms with Crippen LogP contribution >= 0.6 is 0 Å². The van der Waals surface area contributed by atoms with Gasteiger partial charge in [-0.3, -0.25) is 14.4 Å². The van der Waals surface area contributed by atoms with Crippen molar-refractivity contribution < 1.29 is 28.6 Å². The lowest BCUT2D eigenvalue weighted by Gasteiger charge is -2.23.